The number of nitrogens with one attached hydrogen (secondary N) is 1. The van der Waals surface area contributed by atoms with Gasteiger partial charge in [-0.1, -0.05) is 19.9 Å². The first kappa shape index (κ1) is 14.3. The number of para-hydroxylation sites is 1. The van der Waals surface area contributed by atoms with Crippen LogP contribution in [0, 0.1) is 10.1 Å². The van der Waals surface area contributed by atoms with Crippen molar-refractivity contribution in [2.45, 2.75) is 13.8 Å². The van der Waals surface area contributed by atoms with Crippen LogP contribution in [0.4, 0.5) is 11.7 Å². The summed E-state index contributed by atoms with van der Waals surface area (Å²) in [6.07, 6.45) is 0. The number of anilines is 1. The lowest BCUT2D eigenvalue weighted by atomic mass is 10.3. The normalized spacial score (nSPS) is 11.2. The van der Waals surface area contributed by atoms with Gasteiger partial charge in [-0.3, -0.25) is 10.1 Å². The van der Waals surface area contributed by atoms with E-state index in [4.69, 9.17) is 4.42 Å². The first-order chi connectivity index (χ1) is 9.65. The smallest absolute Gasteiger partial charge is 0.298 e. The topological polar surface area (TPSA) is 84.4 Å². The number of non-ortho nitro benzene ring substituents is 1. The van der Waals surface area contributed by atoms with Crippen molar-refractivity contribution in [3.05, 3.63) is 28.3 Å². The third kappa shape index (κ3) is 3.05. The van der Waals surface area contributed by atoms with Crippen molar-refractivity contribution in [3.8, 4) is 0 Å². The Morgan fingerprint density at radius 1 is 1.40 bits per heavy atom. The third-order valence-electron chi connectivity index (χ3n) is 3.19. The van der Waals surface area contributed by atoms with Crippen LogP contribution in [0.2, 0.25) is 0 Å². The van der Waals surface area contributed by atoms with Gasteiger partial charge in [0.2, 0.25) is 0 Å². The minimum atomic E-state index is -0.454. The number of rotatable bonds is 7. The van der Waals surface area contributed by atoms with E-state index >= 15 is 0 Å². The molecule has 108 valence electrons. The largest absolute Gasteiger partial charge is 0.423 e. The van der Waals surface area contributed by atoms with Crippen molar-refractivity contribution >= 4 is 22.8 Å². The van der Waals surface area contributed by atoms with Gasteiger partial charge in [-0.15, -0.1) is 0 Å². The Balaban J connectivity index is 2.08. The molecule has 1 aromatic carbocycles. The maximum atomic E-state index is 10.9. The van der Waals surface area contributed by atoms with Crippen LogP contribution >= 0.6 is 0 Å². The molecule has 0 saturated heterocycles. The summed E-state index contributed by atoms with van der Waals surface area (Å²) in [6.45, 7) is 7.73. The molecule has 7 nitrogen and oxygen atoms in total. The number of nitrogens with zero attached hydrogens (tertiary/aromatic N) is 3. The molecule has 1 heterocycles. The fourth-order valence-electron chi connectivity index (χ4n) is 2.02. The number of nitro groups is 1. The summed E-state index contributed by atoms with van der Waals surface area (Å²) in [6, 6.07) is 5.00. The van der Waals surface area contributed by atoms with Gasteiger partial charge in [0.05, 0.1) is 4.92 Å². The molecule has 20 heavy (non-hydrogen) atoms. The number of likely N-dealkylation sites (N-methyl/N-ethyl adjacent to an activating group) is 1. The lowest BCUT2D eigenvalue weighted by Crippen LogP contribution is -2.28. The summed E-state index contributed by atoms with van der Waals surface area (Å²) in [7, 11) is 0. The number of benzene rings is 1. The molecule has 0 aliphatic rings. The van der Waals surface area contributed by atoms with E-state index in [2.05, 4.69) is 29.0 Å². The summed E-state index contributed by atoms with van der Waals surface area (Å²) in [5.74, 6) is 0. The molecule has 2 aromatic rings. The zero-order valence-corrected chi connectivity index (χ0v) is 11.6. The first-order valence-corrected chi connectivity index (χ1v) is 6.65. The SMILES string of the molecule is CCN(CC)CCNc1nc2c([N+](=O)[O-])cccc2o1. The molecule has 0 bridgehead atoms. The molecule has 1 N–H and O–H groups in total. The summed E-state index contributed by atoms with van der Waals surface area (Å²) < 4.78 is 5.46. The van der Waals surface area contributed by atoms with E-state index in [-0.39, 0.29) is 11.2 Å². The van der Waals surface area contributed by atoms with Gasteiger partial charge in [0.1, 0.15) is 0 Å². The molecule has 0 aliphatic carbocycles. The molecule has 0 radical (unpaired) electrons. The fourth-order valence-corrected chi connectivity index (χ4v) is 2.02. The van der Waals surface area contributed by atoms with E-state index in [1.54, 1.807) is 12.1 Å². The summed E-state index contributed by atoms with van der Waals surface area (Å²) in [5, 5.41) is 14.0. The van der Waals surface area contributed by atoms with E-state index in [0.717, 1.165) is 19.6 Å². The Morgan fingerprint density at radius 3 is 2.80 bits per heavy atom. The van der Waals surface area contributed by atoms with Crippen LogP contribution in [0.1, 0.15) is 13.8 Å². The molecule has 0 saturated carbocycles. The highest BCUT2D eigenvalue weighted by Gasteiger charge is 2.17. The van der Waals surface area contributed by atoms with Crippen molar-refractivity contribution in [2.75, 3.05) is 31.5 Å². The van der Waals surface area contributed by atoms with E-state index in [1.165, 1.54) is 6.07 Å². The summed E-state index contributed by atoms with van der Waals surface area (Å²) >= 11 is 0. The Labute approximate surface area is 116 Å². The van der Waals surface area contributed by atoms with Crippen LogP contribution in [0.3, 0.4) is 0 Å². The van der Waals surface area contributed by atoms with Crippen molar-refractivity contribution in [2.24, 2.45) is 0 Å². The highest BCUT2D eigenvalue weighted by molar-refractivity contribution is 5.83. The first-order valence-electron chi connectivity index (χ1n) is 6.65. The molecule has 2 rings (SSSR count). The summed E-state index contributed by atoms with van der Waals surface area (Å²) in [5.41, 5.74) is 0.662. The molecule has 7 heteroatoms. The Morgan fingerprint density at radius 2 is 2.15 bits per heavy atom. The standard InChI is InChI=1S/C13H18N4O3/c1-3-16(4-2)9-8-14-13-15-12-10(17(18)19)6-5-7-11(12)20-13/h5-7H,3-4,8-9H2,1-2H3,(H,14,15). The van der Waals surface area contributed by atoms with Crippen LogP contribution in [-0.2, 0) is 0 Å². The predicted molar refractivity (Wildman–Crippen MR) is 76.9 cm³/mol. The van der Waals surface area contributed by atoms with Gasteiger partial charge in [0, 0.05) is 19.2 Å². The van der Waals surface area contributed by atoms with Crippen LogP contribution in [0.25, 0.3) is 11.1 Å². The van der Waals surface area contributed by atoms with Gasteiger partial charge in [-0.25, -0.2) is 0 Å². The Bertz CT molecular complexity index is 592. The van der Waals surface area contributed by atoms with Gasteiger partial charge >= 0.3 is 0 Å². The number of aromatic nitrogens is 1. The molecule has 0 atom stereocenters. The molecular weight excluding hydrogens is 260 g/mol. The van der Waals surface area contributed by atoms with Crippen molar-refractivity contribution in [1.82, 2.24) is 9.88 Å². The Hall–Kier alpha value is -2.15. The van der Waals surface area contributed by atoms with Crippen LogP contribution < -0.4 is 5.32 Å². The van der Waals surface area contributed by atoms with Crippen molar-refractivity contribution in [3.63, 3.8) is 0 Å². The lowest BCUT2D eigenvalue weighted by molar-refractivity contribution is -0.383. The average Bonchev–Trinajstić information content (AvgIpc) is 2.85. The van der Waals surface area contributed by atoms with Crippen molar-refractivity contribution < 1.29 is 9.34 Å². The second-order valence-electron chi connectivity index (χ2n) is 4.35. The molecule has 0 unspecified atom stereocenters. The van der Waals surface area contributed by atoms with E-state index in [1.807, 2.05) is 0 Å². The highest BCUT2D eigenvalue weighted by atomic mass is 16.6. The number of oxazole rings is 1. The molecule has 0 amide bonds. The maximum Gasteiger partial charge on any atom is 0.298 e. The zero-order valence-electron chi connectivity index (χ0n) is 11.6. The summed E-state index contributed by atoms with van der Waals surface area (Å²) in [4.78, 5) is 16.9. The molecule has 0 spiro atoms. The van der Waals surface area contributed by atoms with Crippen LogP contribution in [0.5, 0.6) is 0 Å². The number of hydrogen-bond acceptors (Lipinski definition) is 6. The fraction of sp³-hybridized carbons (Fsp3) is 0.462. The maximum absolute atomic E-state index is 10.9. The predicted octanol–water partition coefficient (Wildman–Crippen LogP) is 2.49. The molecular formula is C13H18N4O3. The number of fused-ring (bicyclic) bond motifs is 1. The van der Waals surface area contributed by atoms with Gasteiger partial charge in [-0.2, -0.15) is 4.98 Å². The number of hydrogen-bond donors (Lipinski definition) is 1. The van der Waals surface area contributed by atoms with Gasteiger partial charge in [0.25, 0.3) is 11.7 Å². The second kappa shape index (κ2) is 6.33. The van der Waals surface area contributed by atoms with E-state index in [0.29, 0.717) is 18.1 Å². The van der Waals surface area contributed by atoms with Crippen molar-refractivity contribution in [1.29, 1.82) is 0 Å². The Kier molecular flexibility index (Phi) is 4.52. The molecule has 0 fully saturated rings. The zero-order chi connectivity index (χ0) is 14.5. The number of nitro benzene ring substituents is 1. The van der Waals surface area contributed by atoms with Crippen LogP contribution in [0.15, 0.2) is 22.6 Å². The van der Waals surface area contributed by atoms with E-state index < -0.39 is 4.92 Å². The van der Waals surface area contributed by atoms with Gasteiger partial charge < -0.3 is 14.6 Å². The van der Waals surface area contributed by atoms with Gasteiger partial charge in [-0.05, 0) is 19.2 Å². The van der Waals surface area contributed by atoms with Crippen LogP contribution in [-0.4, -0.2) is 41.0 Å². The minimum absolute atomic E-state index is 0.0388. The van der Waals surface area contributed by atoms with E-state index in [9.17, 15) is 10.1 Å². The molecule has 0 aliphatic heterocycles. The van der Waals surface area contributed by atoms with Gasteiger partial charge in [0.15, 0.2) is 11.1 Å². The third-order valence-corrected chi connectivity index (χ3v) is 3.19. The minimum Gasteiger partial charge on any atom is -0.423 e. The second-order valence-corrected chi connectivity index (χ2v) is 4.35. The monoisotopic (exact) mass is 278 g/mol. The quantitative estimate of drug-likeness (QED) is 0.618. The average molecular weight is 278 g/mol. The highest BCUT2D eigenvalue weighted by Crippen LogP contribution is 2.27. The molecule has 1 aromatic heterocycles. The lowest BCUT2D eigenvalue weighted by Gasteiger charge is -2.17.